The first-order valence-electron chi connectivity index (χ1n) is 20.0. The second kappa shape index (κ2) is 34.0. The van der Waals surface area contributed by atoms with Crippen molar-refractivity contribution in [2.24, 2.45) is 0 Å². The van der Waals surface area contributed by atoms with Gasteiger partial charge < -0.3 is 19.3 Å². The molecular weight excluding hydrogens is 612 g/mol. The predicted molar refractivity (Wildman–Crippen MR) is 204 cm³/mol. The summed E-state index contributed by atoms with van der Waals surface area (Å²) in [4.78, 5) is 24.2. The molecule has 0 amide bonds. The molecule has 0 aromatic heterocycles. The van der Waals surface area contributed by atoms with Gasteiger partial charge in [-0.05, 0) is 51.4 Å². The van der Waals surface area contributed by atoms with Crippen LogP contribution in [0.15, 0.2) is 60.8 Å². The smallest absolute Gasteiger partial charge is 0.306 e. The Hall–Kier alpha value is -2.44. The molecule has 0 aromatic rings. The van der Waals surface area contributed by atoms with Crippen LogP contribution in [0.25, 0.3) is 0 Å². The largest absolute Gasteiger partial charge is 0.462 e. The Bertz CT molecular complexity index is 933. The first kappa shape index (κ1) is 44.6. The highest BCUT2D eigenvalue weighted by Crippen LogP contribution is 2.29. The molecule has 0 aliphatic carbocycles. The van der Waals surface area contributed by atoms with Crippen molar-refractivity contribution in [2.45, 2.75) is 186 Å². The molecule has 49 heavy (non-hydrogen) atoms. The van der Waals surface area contributed by atoms with Gasteiger partial charge in [-0.3, -0.25) is 9.59 Å². The number of unbranched alkanes of at least 4 members (excludes halogenated alkanes) is 14. The summed E-state index contributed by atoms with van der Waals surface area (Å²) in [7, 11) is 0. The summed E-state index contributed by atoms with van der Waals surface area (Å²) in [6.07, 6.45) is 47.6. The van der Waals surface area contributed by atoms with Crippen molar-refractivity contribution in [1.82, 2.24) is 0 Å². The van der Waals surface area contributed by atoms with Gasteiger partial charge in [-0.15, -0.1) is 0 Å². The minimum Gasteiger partial charge on any atom is -0.462 e. The molecule has 6 heteroatoms. The second-order valence-corrected chi connectivity index (χ2v) is 13.4. The normalized spacial score (nSPS) is 17.0. The van der Waals surface area contributed by atoms with E-state index in [0.29, 0.717) is 25.0 Å². The van der Waals surface area contributed by atoms with Crippen LogP contribution in [0.3, 0.4) is 0 Å². The minimum absolute atomic E-state index is 0.109. The average molecular weight is 685 g/mol. The van der Waals surface area contributed by atoms with Gasteiger partial charge in [0.1, 0.15) is 6.61 Å². The van der Waals surface area contributed by atoms with E-state index in [1.54, 1.807) is 0 Å². The number of carbonyl (C=O) groups is 2. The number of aliphatic hydroxyl groups is 1. The summed E-state index contributed by atoms with van der Waals surface area (Å²) in [5.74, 6) is -0.693. The molecule has 1 fully saturated rings. The Labute approximate surface area is 300 Å². The number of esters is 2. The van der Waals surface area contributed by atoms with Crippen LogP contribution in [-0.4, -0.2) is 48.6 Å². The summed E-state index contributed by atoms with van der Waals surface area (Å²) in [6.45, 7) is 3.95. The maximum absolute atomic E-state index is 12.2. The maximum Gasteiger partial charge on any atom is 0.306 e. The van der Waals surface area contributed by atoms with Gasteiger partial charge in [0.2, 0.25) is 0 Å². The molecule has 280 valence electrons. The van der Waals surface area contributed by atoms with Gasteiger partial charge in [-0.1, -0.05) is 164 Å². The highest BCUT2D eigenvalue weighted by atomic mass is 16.6. The van der Waals surface area contributed by atoms with E-state index in [0.717, 1.165) is 57.8 Å². The van der Waals surface area contributed by atoms with Crippen LogP contribution in [-0.2, 0) is 23.8 Å². The number of epoxide rings is 1. The fourth-order valence-electron chi connectivity index (χ4n) is 5.62. The van der Waals surface area contributed by atoms with Gasteiger partial charge in [0.05, 0.1) is 18.8 Å². The third-order valence-electron chi connectivity index (χ3n) is 8.74. The lowest BCUT2D eigenvalue weighted by atomic mass is 10.0. The molecule has 3 atom stereocenters. The van der Waals surface area contributed by atoms with E-state index in [1.807, 2.05) is 12.2 Å². The van der Waals surface area contributed by atoms with Crippen LogP contribution in [0.1, 0.15) is 168 Å². The van der Waals surface area contributed by atoms with Gasteiger partial charge in [-0.25, -0.2) is 0 Å². The van der Waals surface area contributed by atoms with Crippen molar-refractivity contribution in [1.29, 1.82) is 0 Å². The van der Waals surface area contributed by atoms with E-state index in [4.69, 9.17) is 14.2 Å². The molecule has 0 saturated carbocycles. The van der Waals surface area contributed by atoms with Gasteiger partial charge >= 0.3 is 11.9 Å². The van der Waals surface area contributed by atoms with Gasteiger partial charge in [0, 0.05) is 12.8 Å². The van der Waals surface area contributed by atoms with E-state index in [1.165, 1.54) is 77.0 Å². The topological polar surface area (TPSA) is 85.4 Å². The monoisotopic (exact) mass is 685 g/mol. The molecule has 0 bridgehead atoms. The van der Waals surface area contributed by atoms with Gasteiger partial charge in [-0.2, -0.15) is 0 Å². The SMILES string of the molecule is CC/C=C\CC1OC1C/C=C\C/C=C\C/C=C\C/C=C\CCC(=O)OC[C@H](CO)OC(=O)CCCCCCCCCCCCCCCCC. The van der Waals surface area contributed by atoms with Gasteiger partial charge in [0.15, 0.2) is 6.10 Å². The van der Waals surface area contributed by atoms with Crippen LogP contribution < -0.4 is 0 Å². The fourth-order valence-corrected chi connectivity index (χ4v) is 5.62. The molecule has 0 aromatic carbocycles. The van der Waals surface area contributed by atoms with Crippen molar-refractivity contribution in [3.63, 3.8) is 0 Å². The molecule has 1 saturated heterocycles. The Morgan fingerprint density at radius 2 is 1.06 bits per heavy atom. The lowest BCUT2D eigenvalue weighted by Crippen LogP contribution is -2.28. The molecule has 0 spiro atoms. The summed E-state index contributed by atoms with van der Waals surface area (Å²) in [5.41, 5.74) is 0. The van der Waals surface area contributed by atoms with Crippen molar-refractivity contribution in [2.75, 3.05) is 13.2 Å². The molecule has 1 aliphatic rings. The quantitative estimate of drug-likeness (QED) is 0.0314. The van der Waals surface area contributed by atoms with Gasteiger partial charge in [0.25, 0.3) is 0 Å². The number of hydrogen-bond acceptors (Lipinski definition) is 6. The Kier molecular flexibility index (Phi) is 31.0. The van der Waals surface area contributed by atoms with Crippen molar-refractivity contribution in [3.8, 4) is 0 Å². The first-order chi connectivity index (χ1) is 24.1. The predicted octanol–water partition coefficient (Wildman–Crippen LogP) is 11.4. The van der Waals surface area contributed by atoms with Crippen LogP contribution >= 0.6 is 0 Å². The summed E-state index contributed by atoms with van der Waals surface area (Å²) >= 11 is 0. The number of aliphatic hydroxyl groups excluding tert-OH is 1. The maximum atomic E-state index is 12.2. The first-order valence-corrected chi connectivity index (χ1v) is 20.0. The molecular formula is C43H72O6. The number of rotatable bonds is 34. The molecule has 1 rings (SSSR count). The van der Waals surface area contributed by atoms with Crippen molar-refractivity contribution < 1.29 is 28.9 Å². The Balaban J connectivity index is 1.93. The highest BCUT2D eigenvalue weighted by Gasteiger charge is 2.35. The van der Waals surface area contributed by atoms with Crippen molar-refractivity contribution in [3.05, 3.63) is 60.8 Å². The molecule has 2 unspecified atom stereocenters. The fraction of sp³-hybridized carbons (Fsp3) is 0.721. The third kappa shape index (κ3) is 30.1. The average Bonchev–Trinajstić information content (AvgIpc) is 3.86. The van der Waals surface area contributed by atoms with E-state index in [9.17, 15) is 14.7 Å². The van der Waals surface area contributed by atoms with E-state index in [-0.39, 0.29) is 31.6 Å². The summed E-state index contributed by atoms with van der Waals surface area (Å²) in [5, 5.41) is 9.55. The molecule has 1 N–H and O–H groups in total. The van der Waals surface area contributed by atoms with Crippen LogP contribution in [0.2, 0.25) is 0 Å². The number of allylic oxidation sites excluding steroid dienone is 8. The number of carbonyl (C=O) groups excluding carboxylic acids is 2. The Morgan fingerprint density at radius 1 is 0.592 bits per heavy atom. The molecule has 6 nitrogen and oxygen atoms in total. The third-order valence-corrected chi connectivity index (χ3v) is 8.74. The molecule has 1 heterocycles. The molecule has 1 aliphatic heterocycles. The lowest BCUT2D eigenvalue weighted by molar-refractivity contribution is -0.161. The van der Waals surface area contributed by atoms with E-state index < -0.39 is 6.10 Å². The van der Waals surface area contributed by atoms with Crippen LogP contribution in [0, 0.1) is 0 Å². The lowest BCUT2D eigenvalue weighted by Gasteiger charge is -2.15. The van der Waals surface area contributed by atoms with Crippen molar-refractivity contribution >= 4 is 11.9 Å². The number of ether oxygens (including phenoxy) is 3. The summed E-state index contributed by atoms with van der Waals surface area (Å²) < 4.78 is 16.2. The Morgan fingerprint density at radius 3 is 1.57 bits per heavy atom. The van der Waals surface area contributed by atoms with E-state index >= 15 is 0 Å². The number of hydrogen-bond donors (Lipinski definition) is 1. The van der Waals surface area contributed by atoms with Crippen LogP contribution in [0.4, 0.5) is 0 Å². The highest BCUT2D eigenvalue weighted by molar-refractivity contribution is 5.70. The zero-order valence-corrected chi connectivity index (χ0v) is 31.4. The minimum atomic E-state index is -0.804. The summed E-state index contributed by atoms with van der Waals surface area (Å²) in [6, 6.07) is 0. The zero-order valence-electron chi connectivity index (χ0n) is 31.4. The van der Waals surface area contributed by atoms with Crippen LogP contribution in [0.5, 0.6) is 0 Å². The zero-order chi connectivity index (χ0) is 35.5. The second-order valence-electron chi connectivity index (χ2n) is 13.4. The molecule has 0 radical (unpaired) electrons. The van der Waals surface area contributed by atoms with E-state index in [2.05, 4.69) is 62.5 Å². The standard InChI is InChI=1S/C43H72O6/c1-3-5-7-8-9-10-11-12-13-14-19-22-25-28-32-36-43(46)48-39(37-44)38-47-42(45)35-31-27-24-21-18-16-15-17-20-23-26-30-34-41-40(49-41)33-29-6-4-2/h6,16-18,20,24,26-27,29-30,39-41,44H,3-5,7-15,19,21-23,25,28,31-38H2,1-2H3/b18-16-,20-17-,27-24-,29-6-,30-26-/t39-,40?,41?/m0/s1.